The topological polar surface area (TPSA) is 56.2 Å². The fourth-order valence-electron chi connectivity index (χ4n) is 3.84. The van der Waals surface area contributed by atoms with Crippen LogP contribution < -0.4 is 5.32 Å². The minimum Gasteiger partial charge on any atom is -0.360 e. The second-order valence-electron chi connectivity index (χ2n) is 9.97. The molecule has 1 fully saturated rings. The molecule has 0 aliphatic heterocycles. The highest BCUT2D eigenvalue weighted by atomic mass is 35.5. The fourth-order valence-corrected chi connectivity index (χ4v) is 5.68. The quantitative estimate of drug-likeness (QED) is 0.248. The highest BCUT2D eigenvalue weighted by Crippen LogP contribution is 2.48. The highest BCUT2D eigenvalue weighted by Gasteiger charge is 2.43. The number of benzene rings is 2. The van der Waals surface area contributed by atoms with Crippen LogP contribution in [0.5, 0.6) is 0 Å². The van der Waals surface area contributed by atoms with Gasteiger partial charge in [0.25, 0.3) is 0 Å². The standard InChI is InChI=1S/C26H32ClN3O2SSi/c1-28-26(31)23-15-22(23)18-5-7-19(8-6-18)25-24(33-21-11-9-20(27)10-12-21)16-30(29-25)17-32-13-14-34(2,3)4/h5-12,16,22-23H,13-15,17H2,1-4H3,(H,28,31). The number of ether oxygens (including phenoxy) is 1. The molecule has 4 rings (SSSR count). The van der Waals surface area contributed by atoms with Gasteiger partial charge in [-0.05, 0) is 48.2 Å². The van der Waals surface area contributed by atoms with E-state index in [0.29, 0.717) is 12.6 Å². The van der Waals surface area contributed by atoms with E-state index in [1.807, 2.05) is 28.9 Å². The molecule has 1 aliphatic carbocycles. The molecule has 1 heterocycles. The van der Waals surface area contributed by atoms with Gasteiger partial charge in [-0.25, -0.2) is 4.68 Å². The number of carbonyl (C=O) groups excluding carboxylic acids is 1. The summed E-state index contributed by atoms with van der Waals surface area (Å²) in [5, 5.41) is 8.35. The van der Waals surface area contributed by atoms with Crippen molar-refractivity contribution in [2.24, 2.45) is 5.92 Å². The molecule has 0 bridgehead atoms. The number of hydrogen-bond acceptors (Lipinski definition) is 4. The zero-order valence-electron chi connectivity index (χ0n) is 20.2. The van der Waals surface area contributed by atoms with E-state index in [-0.39, 0.29) is 11.8 Å². The van der Waals surface area contributed by atoms with Crippen LogP contribution in [0.2, 0.25) is 30.7 Å². The van der Waals surface area contributed by atoms with Gasteiger partial charge >= 0.3 is 0 Å². The molecule has 0 spiro atoms. The molecular weight excluding hydrogens is 482 g/mol. The van der Waals surface area contributed by atoms with E-state index in [0.717, 1.165) is 45.1 Å². The number of aromatic nitrogens is 2. The zero-order chi connectivity index (χ0) is 24.3. The molecule has 1 aliphatic rings. The lowest BCUT2D eigenvalue weighted by molar-refractivity contribution is -0.121. The molecule has 2 atom stereocenters. The lowest BCUT2D eigenvalue weighted by Crippen LogP contribution is -2.22. The zero-order valence-corrected chi connectivity index (χ0v) is 22.7. The van der Waals surface area contributed by atoms with Gasteiger partial charge in [0.05, 0.1) is 4.90 Å². The second kappa shape index (κ2) is 10.7. The van der Waals surface area contributed by atoms with Crippen molar-refractivity contribution in [1.82, 2.24) is 15.1 Å². The maximum Gasteiger partial charge on any atom is 0.223 e. The SMILES string of the molecule is CNC(=O)C1CC1c1ccc(-c2nn(COCC[Si](C)(C)C)cc2Sc2ccc(Cl)cc2)cc1. The highest BCUT2D eigenvalue weighted by molar-refractivity contribution is 7.99. The lowest BCUT2D eigenvalue weighted by atomic mass is 10.0. The maximum atomic E-state index is 11.9. The van der Waals surface area contributed by atoms with Crippen molar-refractivity contribution in [1.29, 1.82) is 0 Å². The molecule has 0 saturated heterocycles. The normalized spacial score (nSPS) is 17.6. The van der Waals surface area contributed by atoms with Gasteiger partial charge in [-0.15, -0.1) is 0 Å². The van der Waals surface area contributed by atoms with E-state index in [2.05, 4.69) is 55.4 Å². The molecule has 1 amide bonds. The number of nitrogens with one attached hydrogen (secondary N) is 1. The minimum atomic E-state index is -1.13. The summed E-state index contributed by atoms with van der Waals surface area (Å²) in [6.45, 7) is 8.25. The van der Waals surface area contributed by atoms with Gasteiger partial charge in [0, 0.05) is 49.3 Å². The van der Waals surface area contributed by atoms with E-state index in [9.17, 15) is 4.79 Å². The van der Waals surface area contributed by atoms with Gasteiger partial charge < -0.3 is 10.1 Å². The first-order valence-corrected chi connectivity index (χ1v) is 16.5. The molecule has 8 heteroatoms. The number of amides is 1. The number of rotatable bonds is 10. The van der Waals surface area contributed by atoms with Gasteiger partial charge in [-0.2, -0.15) is 5.10 Å². The third-order valence-corrected chi connectivity index (χ3v) is 8.96. The predicted octanol–water partition coefficient (Wildman–Crippen LogP) is 6.52. The molecule has 2 aromatic carbocycles. The van der Waals surface area contributed by atoms with Crippen LogP contribution in [0.3, 0.4) is 0 Å². The second-order valence-corrected chi connectivity index (χ2v) is 17.1. The monoisotopic (exact) mass is 513 g/mol. The number of halogens is 1. The number of hydrogen-bond donors (Lipinski definition) is 1. The first-order valence-electron chi connectivity index (χ1n) is 11.6. The third-order valence-electron chi connectivity index (χ3n) is 5.98. The van der Waals surface area contributed by atoms with Crippen molar-refractivity contribution in [3.8, 4) is 11.3 Å². The first kappa shape index (κ1) is 25.0. The van der Waals surface area contributed by atoms with Gasteiger partial charge in [-0.3, -0.25) is 4.79 Å². The molecule has 34 heavy (non-hydrogen) atoms. The summed E-state index contributed by atoms with van der Waals surface area (Å²) in [4.78, 5) is 14.1. The van der Waals surface area contributed by atoms with Crippen LogP contribution in [0.4, 0.5) is 0 Å². The Morgan fingerprint density at radius 2 is 1.88 bits per heavy atom. The Morgan fingerprint density at radius 1 is 1.18 bits per heavy atom. The molecular formula is C26H32ClN3O2SSi. The Bertz CT molecular complexity index is 1130. The summed E-state index contributed by atoms with van der Waals surface area (Å²) >= 11 is 7.74. The van der Waals surface area contributed by atoms with Crippen LogP contribution >= 0.6 is 23.4 Å². The number of nitrogens with zero attached hydrogens (tertiary/aromatic N) is 2. The first-order chi connectivity index (χ1) is 16.2. The summed E-state index contributed by atoms with van der Waals surface area (Å²) in [5.41, 5.74) is 3.19. The summed E-state index contributed by atoms with van der Waals surface area (Å²) in [6, 6.07) is 17.5. The van der Waals surface area contributed by atoms with E-state index in [1.165, 1.54) is 5.56 Å². The molecule has 3 aromatic rings. The maximum absolute atomic E-state index is 11.9. The van der Waals surface area contributed by atoms with E-state index >= 15 is 0 Å². The van der Waals surface area contributed by atoms with E-state index in [4.69, 9.17) is 21.4 Å². The summed E-state index contributed by atoms with van der Waals surface area (Å²) in [7, 11) is 0.572. The van der Waals surface area contributed by atoms with Crippen LogP contribution in [0.1, 0.15) is 17.9 Å². The van der Waals surface area contributed by atoms with Crippen molar-refractivity contribution >= 4 is 37.3 Å². The Kier molecular flexibility index (Phi) is 7.87. The molecule has 5 nitrogen and oxygen atoms in total. The average molecular weight is 514 g/mol. The molecule has 1 saturated carbocycles. The van der Waals surface area contributed by atoms with Gasteiger partial charge in [0.1, 0.15) is 12.4 Å². The Labute approximate surface area is 212 Å². The van der Waals surface area contributed by atoms with Crippen molar-refractivity contribution in [3.05, 3.63) is 65.3 Å². The van der Waals surface area contributed by atoms with Crippen LogP contribution in [0, 0.1) is 5.92 Å². The number of carbonyl (C=O) groups is 1. The fraction of sp³-hybridized carbons (Fsp3) is 0.385. The third kappa shape index (κ3) is 6.53. The molecule has 0 radical (unpaired) electrons. The van der Waals surface area contributed by atoms with Crippen LogP contribution in [-0.4, -0.2) is 37.4 Å². The van der Waals surface area contributed by atoms with Crippen molar-refractivity contribution in [2.45, 2.75) is 54.5 Å². The smallest absolute Gasteiger partial charge is 0.223 e. The minimum absolute atomic E-state index is 0.0967. The Hall–Kier alpha value is -2.06. The Balaban J connectivity index is 1.52. The summed E-state index contributed by atoms with van der Waals surface area (Å²) in [6.07, 6.45) is 2.97. The van der Waals surface area contributed by atoms with Crippen molar-refractivity contribution < 1.29 is 9.53 Å². The van der Waals surface area contributed by atoms with E-state index < -0.39 is 8.07 Å². The summed E-state index contributed by atoms with van der Waals surface area (Å²) in [5.74, 6) is 0.539. The van der Waals surface area contributed by atoms with Crippen LogP contribution in [0.15, 0.2) is 64.5 Å². The molecule has 1 N–H and O–H groups in total. The van der Waals surface area contributed by atoms with Gasteiger partial charge in [0.2, 0.25) is 5.91 Å². The lowest BCUT2D eigenvalue weighted by Gasteiger charge is -2.15. The van der Waals surface area contributed by atoms with Gasteiger partial charge in [0.15, 0.2) is 0 Å². The van der Waals surface area contributed by atoms with Crippen molar-refractivity contribution in [3.63, 3.8) is 0 Å². The largest absolute Gasteiger partial charge is 0.360 e. The Morgan fingerprint density at radius 3 is 2.53 bits per heavy atom. The predicted molar refractivity (Wildman–Crippen MR) is 142 cm³/mol. The molecule has 180 valence electrons. The molecule has 2 unspecified atom stereocenters. The van der Waals surface area contributed by atoms with Crippen molar-refractivity contribution in [2.75, 3.05) is 13.7 Å². The molecule has 1 aromatic heterocycles. The van der Waals surface area contributed by atoms with Crippen LogP contribution in [0.25, 0.3) is 11.3 Å². The average Bonchev–Trinajstić information content (AvgIpc) is 3.51. The van der Waals surface area contributed by atoms with Gasteiger partial charge in [-0.1, -0.05) is 67.3 Å². The summed E-state index contributed by atoms with van der Waals surface area (Å²) < 4.78 is 7.82. The van der Waals surface area contributed by atoms with E-state index in [1.54, 1.807) is 18.8 Å². The van der Waals surface area contributed by atoms with Crippen LogP contribution in [-0.2, 0) is 16.3 Å².